The summed E-state index contributed by atoms with van der Waals surface area (Å²) < 4.78 is 1.56. The summed E-state index contributed by atoms with van der Waals surface area (Å²) >= 11 is 5.93. The Balaban J connectivity index is 1.95. The molecule has 0 aliphatic carbocycles. The Hall–Kier alpha value is -2.40. The fraction of sp³-hybridized carbons (Fsp3) is 0.0714. The van der Waals surface area contributed by atoms with Crippen molar-refractivity contribution in [2.75, 3.05) is 0 Å². The van der Waals surface area contributed by atoms with E-state index in [1.54, 1.807) is 16.8 Å². The van der Waals surface area contributed by atoms with E-state index in [0.29, 0.717) is 22.9 Å². The molecule has 2 aromatic heterocycles. The average molecular weight is 288 g/mol. The molecule has 0 spiro atoms. The van der Waals surface area contributed by atoms with E-state index < -0.39 is 5.97 Å². The Kier molecular flexibility index (Phi) is 3.12. The smallest absolute Gasteiger partial charge is 0.335 e. The number of aromatic carboxylic acids is 1. The van der Waals surface area contributed by atoms with Crippen molar-refractivity contribution in [3.8, 4) is 0 Å². The summed E-state index contributed by atoms with van der Waals surface area (Å²) in [5.74, 6) is -0.360. The van der Waals surface area contributed by atoms with Crippen molar-refractivity contribution in [2.24, 2.45) is 0 Å². The standard InChI is InChI=1S/C14H10ClN3O2/c15-11-3-1-2-9(6-11)7-12-16-13-8-10(14(19)20)4-5-18(13)17-12/h1-6,8H,7H2,(H,19,20). The molecule has 0 amide bonds. The van der Waals surface area contributed by atoms with E-state index in [2.05, 4.69) is 10.1 Å². The third kappa shape index (κ3) is 2.48. The lowest BCUT2D eigenvalue weighted by Gasteiger charge is -1.97. The van der Waals surface area contributed by atoms with Crippen molar-refractivity contribution < 1.29 is 9.90 Å². The molecular weight excluding hydrogens is 278 g/mol. The van der Waals surface area contributed by atoms with Crippen LogP contribution in [0.25, 0.3) is 5.65 Å². The molecule has 0 aliphatic rings. The van der Waals surface area contributed by atoms with E-state index in [1.807, 2.05) is 18.2 Å². The van der Waals surface area contributed by atoms with Gasteiger partial charge in [0.1, 0.15) is 0 Å². The summed E-state index contributed by atoms with van der Waals surface area (Å²) in [5, 5.41) is 13.9. The van der Waals surface area contributed by atoms with E-state index in [1.165, 1.54) is 12.1 Å². The molecule has 0 fully saturated rings. The number of halogens is 1. The second kappa shape index (κ2) is 4.94. The van der Waals surface area contributed by atoms with Gasteiger partial charge in [0.15, 0.2) is 11.5 Å². The van der Waals surface area contributed by atoms with Crippen molar-refractivity contribution in [3.05, 3.63) is 64.6 Å². The molecule has 100 valence electrons. The quantitative estimate of drug-likeness (QED) is 0.804. The minimum Gasteiger partial charge on any atom is -0.478 e. The van der Waals surface area contributed by atoms with Crippen LogP contribution in [-0.4, -0.2) is 25.7 Å². The Labute approximate surface area is 119 Å². The molecule has 0 bridgehead atoms. The van der Waals surface area contributed by atoms with Gasteiger partial charge in [-0.25, -0.2) is 14.3 Å². The molecular formula is C14H10ClN3O2. The number of hydrogen-bond donors (Lipinski definition) is 1. The van der Waals surface area contributed by atoms with Crippen LogP contribution in [-0.2, 0) is 6.42 Å². The first-order chi connectivity index (χ1) is 9.61. The predicted molar refractivity (Wildman–Crippen MR) is 74.2 cm³/mol. The fourth-order valence-electron chi connectivity index (χ4n) is 1.97. The second-order valence-corrected chi connectivity index (χ2v) is 4.79. The second-order valence-electron chi connectivity index (χ2n) is 4.36. The lowest BCUT2D eigenvalue weighted by Crippen LogP contribution is -1.97. The summed E-state index contributed by atoms with van der Waals surface area (Å²) in [4.78, 5) is 15.2. The van der Waals surface area contributed by atoms with Gasteiger partial charge < -0.3 is 5.11 Å². The minimum atomic E-state index is -0.980. The van der Waals surface area contributed by atoms with Crippen molar-refractivity contribution in [3.63, 3.8) is 0 Å². The molecule has 6 heteroatoms. The molecule has 3 rings (SSSR count). The summed E-state index contributed by atoms with van der Waals surface area (Å²) in [6.07, 6.45) is 2.14. The van der Waals surface area contributed by atoms with E-state index in [9.17, 15) is 4.79 Å². The van der Waals surface area contributed by atoms with Crippen LogP contribution in [0.5, 0.6) is 0 Å². The first-order valence-electron chi connectivity index (χ1n) is 5.95. The van der Waals surface area contributed by atoms with Gasteiger partial charge in [0.05, 0.1) is 5.56 Å². The van der Waals surface area contributed by atoms with Crippen molar-refractivity contribution in [1.82, 2.24) is 14.6 Å². The van der Waals surface area contributed by atoms with E-state index in [-0.39, 0.29) is 5.56 Å². The van der Waals surface area contributed by atoms with Crippen LogP contribution in [0.4, 0.5) is 0 Å². The Morgan fingerprint density at radius 1 is 1.30 bits per heavy atom. The number of carbonyl (C=O) groups is 1. The van der Waals surface area contributed by atoms with Crippen LogP contribution >= 0.6 is 11.6 Å². The summed E-state index contributed by atoms with van der Waals surface area (Å²) in [6, 6.07) is 10.5. The predicted octanol–water partition coefficient (Wildman–Crippen LogP) is 2.67. The maximum Gasteiger partial charge on any atom is 0.335 e. The van der Waals surface area contributed by atoms with Gasteiger partial charge in [-0.05, 0) is 29.8 Å². The highest BCUT2D eigenvalue weighted by molar-refractivity contribution is 6.30. The van der Waals surface area contributed by atoms with Gasteiger partial charge in [-0.3, -0.25) is 0 Å². The van der Waals surface area contributed by atoms with Crippen LogP contribution in [0, 0.1) is 0 Å². The normalized spacial score (nSPS) is 10.8. The zero-order chi connectivity index (χ0) is 14.1. The number of fused-ring (bicyclic) bond motifs is 1. The number of nitrogens with zero attached hydrogens (tertiary/aromatic N) is 3. The van der Waals surface area contributed by atoms with Crippen LogP contribution in [0.3, 0.4) is 0 Å². The maximum atomic E-state index is 10.9. The van der Waals surface area contributed by atoms with Crippen molar-refractivity contribution >= 4 is 23.2 Å². The highest BCUT2D eigenvalue weighted by atomic mass is 35.5. The lowest BCUT2D eigenvalue weighted by atomic mass is 10.1. The molecule has 0 unspecified atom stereocenters. The molecule has 0 saturated carbocycles. The number of hydrogen-bond acceptors (Lipinski definition) is 3. The van der Waals surface area contributed by atoms with Crippen LogP contribution < -0.4 is 0 Å². The number of pyridine rings is 1. The first kappa shape index (κ1) is 12.6. The Bertz CT molecular complexity index is 798. The topological polar surface area (TPSA) is 67.5 Å². The molecule has 2 heterocycles. The molecule has 1 N–H and O–H groups in total. The Morgan fingerprint density at radius 2 is 2.15 bits per heavy atom. The minimum absolute atomic E-state index is 0.194. The molecule has 3 aromatic rings. The molecule has 0 saturated heterocycles. The van der Waals surface area contributed by atoms with Gasteiger partial charge in [-0.15, -0.1) is 0 Å². The van der Waals surface area contributed by atoms with E-state index in [0.717, 1.165) is 5.56 Å². The summed E-state index contributed by atoms with van der Waals surface area (Å²) in [5.41, 5.74) is 1.72. The molecule has 5 nitrogen and oxygen atoms in total. The molecule has 1 aromatic carbocycles. The fourth-order valence-corrected chi connectivity index (χ4v) is 2.18. The molecule has 20 heavy (non-hydrogen) atoms. The molecule has 0 atom stereocenters. The molecule has 0 radical (unpaired) electrons. The van der Waals surface area contributed by atoms with Gasteiger partial charge >= 0.3 is 5.97 Å². The van der Waals surface area contributed by atoms with Gasteiger partial charge in [0.2, 0.25) is 0 Å². The largest absolute Gasteiger partial charge is 0.478 e. The van der Waals surface area contributed by atoms with Crippen LogP contribution in [0.15, 0.2) is 42.6 Å². The van der Waals surface area contributed by atoms with E-state index in [4.69, 9.17) is 16.7 Å². The monoisotopic (exact) mass is 287 g/mol. The number of aromatic nitrogens is 3. The maximum absolute atomic E-state index is 10.9. The zero-order valence-electron chi connectivity index (χ0n) is 10.3. The van der Waals surface area contributed by atoms with Crippen molar-refractivity contribution in [2.45, 2.75) is 6.42 Å². The lowest BCUT2D eigenvalue weighted by molar-refractivity contribution is 0.0697. The zero-order valence-corrected chi connectivity index (χ0v) is 11.1. The summed E-state index contributed by atoms with van der Waals surface area (Å²) in [6.45, 7) is 0. The van der Waals surface area contributed by atoms with Gasteiger partial charge in [0.25, 0.3) is 0 Å². The van der Waals surface area contributed by atoms with Gasteiger partial charge in [-0.2, -0.15) is 5.10 Å². The van der Waals surface area contributed by atoms with Gasteiger partial charge in [-0.1, -0.05) is 23.7 Å². The molecule has 0 aliphatic heterocycles. The highest BCUT2D eigenvalue weighted by Crippen LogP contribution is 2.14. The van der Waals surface area contributed by atoms with Gasteiger partial charge in [0, 0.05) is 17.6 Å². The number of benzene rings is 1. The number of rotatable bonds is 3. The SMILES string of the molecule is O=C(O)c1ccn2nc(Cc3cccc(Cl)c3)nc2c1. The Morgan fingerprint density at radius 3 is 2.90 bits per heavy atom. The number of carboxylic acid groups (broad SMARTS) is 1. The first-order valence-corrected chi connectivity index (χ1v) is 6.33. The van der Waals surface area contributed by atoms with Crippen molar-refractivity contribution in [1.29, 1.82) is 0 Å². The average Bonchev–Trinajstić information content (AvgIpc) is 2.79. The van der Waals surface area contributed by atoms with Crippen LogP contribution in [0.2, 0.25) is 5.02 Å². The number of carboxylic acids is 1. The summed E-state index contributed by atoms with van der Waals surface area (Å²) in [7, 11) is 0. The highest BCUT2D eigenvalue weighted by Gasteiger charge is 2.08. The van der Waals surface area contributed by atoms with Crippen LogP contribution in [0.1, 0.15) is 21.7 Å². The third-order valence-electron chi connectivity index (χ3n) is 2.88. The third-order valence-corrected chi connectivity index (χ3v) is 3.11. The van der Waals surface area contributed by atoms with E-state index >= 15 is 0 Å².